The van der Waals surface area contributed by atoms with Crippen LogP contribution in [-0.2, 0) is 0 Å². The molecule has 0 atom stereocenters. The molecule has 0 N–H and O–H groups in total. The van der Waals surface area contributed by atoms with Crippen molar-refractivity contribution < 1.29 is 0 Å². The highest BCUT2D eigenvalue weighted by Crippen LogP contribution is 2.35. The van der Waals surface area contributed by atoms with Crippen LogP contribution in [0.1, 0.15) is 16.7 Å². The van der Waals surface area contributed by atoms with E-state index in [9.17, 15) is 4.91 Å². The molecule has 20 heavy (non-hydrogen) atoms. The number of aromatic nitrogens is 2. The molecule has 0 aliphatic rings. The molecule has 4 nitrogen and oxygen atoms in total. The third kappa shape index (κ3) is 1.81. The molecule has 0 radical (unpaired) electrons. The molecule has 3 aromatic rings. The summed E-state index contributed by atoms with van der Waals surface area (Å²) in [7, 11) is 0. The van der Waals surface area contributed by atoms with E-state index in [0.29, 0.717) is 11.5 Å². The first-order chi connectivity index (χ1) is 9.61. The van der Waals surface area contributed by atoms with Crippen LogP contribution in [0.4, 0.5) is 5.82 Å². The van der Waals surface area contributed by atoms with Crippen LogP contribution in [0.3, 0.4) is 0 Å². The van der Waals surface area contributed by atoms with Gasteiger partial charge in [0, 0.05) is 11.8 Å². The van der Waals surface area contributed by atoms with Gasteiger partial charge in [-0.25, -0.2) is 4.98 Å². The lowest BCUT2D eigenvalue weighted by Gasteiger charge is -2.09. The van der Waals surface area contributed by atoms with Gasteiger partial charge in [0.15, 0.2) is 0 Å². The number of fused-ring (bicyclic) bond motifs is 1. The van der Waals surface area contributed by atoms with E-state index >= 15 is 0 Å². The molecule has 0 spiro atoms. The third-order valence-corrected chi connectivity index (χ3v) is 3.51. The second-order valence-electron chi connectivity index (χ2n) is 5.08. The maximum Gasteiger partial charge on any atom is 0.209 e. The van der Waals surface area contributed by atoms with Gasteiger partial charge in [-0.1, -0.05) is 23.8 Å². The number of hydrogen-bond donors (Lipinski definition) is 0. The van der Waals surface area contributed by atoms with Crippen molar-refractivity contribution in [3.05, 3.63) is 58.1 Å². The van der Waals surface area contributed by atoms with E-state index in [1.165, 1.54) is 5.56 Å². The van der Waals surface area contributed by atoms with Crippen molar-refractivity contribution in [2.45, 2.75) is 20.8 Å². The van der Waals surface area contributed by atoms with Crippen molar-refractivity contribution in [2.75, 3.05) is 0 Å². The lowest BCUT2D eigenvalue weighted by atomic mass is 9.97. The smallest absolute Gasteiger partial charge is 0.209 e. The zero-order valence-corrected chi connectivity index (χ0v) is 11.7. The van der Waals surface area contributed by atoms with Gasteiger partial charge in [-0.2, -0.15) is 0 Å². The quantitative estimate of drug-likeness (QED) is 0.647. The molecule has 100 valence electrons. The molecule has 0 saturated heterocycles. The van der Waals surface area contributed by atoms with Crippen molar-refractivity contribution in [3.63, 3.8) is 0 Å². The molecule has 4 heteroatoms. The predicted molar refractivity (Wildman–Crippen MR) is 80.3 cm³/mol. The Morgan fingerprint density at radius 2 is 1.80 bits per heavy atom. The van der Waals surface area contributed by atoms with Crippen molar-refractivity contribution in [1.82, 2.24) is 9.38 Å². The summed E-state index contributed by atoms with van der Waals surface area (Å²) in [6.45, 7) is 6.13. The van der Waals surface area contributed by atoms with Crippen molar-refractivity contribution in [3.8, 4) is 11.3 Å². The summed E-state index contributed by atoms with van der Waals surface area (Å²) in [5.41, 5.74) is 5.80. The molecule has 0 bridgehead atoms. The number of hydrogen-bond acceptors (Lipinski definition) is 3. The number of nitrogens with zero attached hydrogens (tertiary/aromatic N) is 3. The average Bonchev–Trinajstić information content (AvgIpc) is 2.75. The van der Waals surface area contributed by atoms with E-state index < -0.39 is 0 Å². The first kappa shape index (κ1) is 12.5. The number of benzene rings is 1. The normalized spacial score (nSPS) is 10.9. The molecule has 1 aromatic carbocycles. The summed E-state index contributed by atoms with van der Waals surface area (Å²) >= 11 is 0. The van der Waals surface area contributed by atoms with Gasteiger partial charge < -0.3 is 0 Å². The van der Waals surface area contributed by atoms with Gasteiger partial charge in [0.05, 0.1) is 0 Å². The van der Waals surface area contributed by atoms with Crippen LogP contribution in [0.15, 0.2) is 41.7 Å². The Morgan fingerprint density at radius 3 is 2.45 bits per heavy atom. The molecule has 0 saturated carbocycles. The van der Waals surface area contributed by atoms with E-state index in [2.05, 4.69) is 29.2 Å². The molecule has 0 fully saturated rings. The third-order valence-electron chi connectivity index (χ3n) is 3.51. The van der Waals surface area contributed by atoms with Crippen molar-refractivity contribution >= 4 is 11.5 Å². The number of imidazole rings is 1. The first-order valence-corrected chi connectivity index (χ1v) is 6.50. The Hall–Kier alpha value is -2.49. The van der Waals surface area contributed by atoms with Crippen LogP contribution >= 0.6 is 0 Å². The summed E-state index contributed by atoms with van der Waals surface area (Å²) in [6, 6.07) is 9.83. The minimum atomic E-state index is 0.357. The van der Waals surface area contributed by atoms with Crippen LogP contribution in [-0.4, -0.2) is 9.38 Å². The molecule has 0 unspecified atom stereocenters. The number of rotatable bonds is 2. The number of aryl methyl sites for hydroxylation is 3. The fourth-order valence-corrected chi connectivity index (χ4v) is 2.79. The van der Waals surface area contributed by atoms with Gasteiger partial charge >= 0.3 is 0 Å². The van der Waals surface area contributed by atoms with Gasteiger partial charge in [-0.05, 0) is 49.2 Å². The summed E-state index contributed by atoms with van der Waals surface area (Å²) in [6.07, 6.45) is 1.81. The monoisotopic (exact) mass is 265 g/mol. The number of pyridine rings is 1. The minimum absolute atomic E-state index is 0.357. The Labute approximate surface area is 117 Å². The summed E-state index contributed by atoms with van der Waals surface area (Å²) in [4.78, 5) is 15.8. The van der Waals surface area contributed by atoms with Crippen LogP contribution in [0, 0.1) is 25.7 Å². The molecular formula is C16H15N3O. The standard InChI is InChI=1S/C16H15N3O/c1-10-8-11(2)14(12(3)9-10)15-16(18-20)19-7-5-4-6-13(19)17-15/h4-9H,1-3H3. The molecule has 0 aliphatic carbocycles. The van der Waals surface area contributed by atoms with E-state index in [0.717, 1.165) is 22.3 Å². The minimum Gasteiger partial charge on any atom is -0.281 e. The van der Waals surface area contributed by atoms with Crippen LogP contribution in [0.2, 0.25) is 0 Å². The molecule has 2 aromatic heterocycles. The summed E-state index contributed by atoms with van der Waals surface area (Å²) < 4.78 is 1.72. The van der Waals surface area contributed by atoms with Gasteiger partial charge in [0.25, 0.3) is 0 Å². The summed E-state index contributed by atoms with van der Waals surface area (Å²) in [5.74, 6) is 0.357. The highest BCUT2D eigenvalue weighted by Gasteiger charge is 2.18. The second-order valence-corrected chi connectivity index (χ2v) is 5.08. The van der Waals surface area contributed by atoms with Gasteiger partial charge in [0.1, 0.15) is 11.3 Å². The highest BCUT2D eigenvalue weighted by atomic mass is 16.3. The van der Waals surface area contributed by atoms with Gasteiger partial charge in [-0.3, -0.25) is 4.40 Å². The zero-order chi connectivity index (χ0) is 14.3. The zero-order valence-electron chi connectivity index (χ0n) is 11.7. The fraction of sp³-hybridized carbons (Fsp3) is 0.188. The van der Waals surface area contributed by atoms with Crippen LogP contribution < -0.4 is 0 Å². The maximum atomic E-state index is 11.3. The fourth-order valence-electron chi connectivity index (χ4n) is 2.79. The topological polar surface area (TPSA) is 46.7 Å². The van der Waals surface area contributed by atoms with Gasteiger partial charge in [-0.15, -0.1) is 4.91 Å². The lowest BCUT2D eigenvalue weighted by Crippen LogP contribution is -1.90. The Balaban J connectivity index is 2.38. The van der Waals surface area contributed by atoms with Crippen molar-refractivity contribution in [2.24, 2.45) is 5.18 Å². The Bertz CT molecular complexity index is 795. The van der Waals surface area contributed by atoms with E-state index in [-0.39, 0.29) is 0 Å². The maximum absolute atomic E-state index is 11.3. The Morgan fingerprint density at radius 1 is 1.10 bits per heavy atom. The van der Waals surface area contributed by atoms with Crippen LogP contribution in [0.25, 0.3) is 16.9 Å². The largest absolute Gasteiger partial charge is 0.281 e. The average molecular weight is 265 g/mol. The van der Waals surface area contributed by atoms with Crippen LogP contribution in [0.5, 0.6) is 0 Å². The molecule has 3 rings (SSSR count). The molecular weight excluding hydrogens is 250 g/mol. The SMILES string of the molecule is Cc1cc(C)c(-c2nc3ccccn3c2N=O)c(C)c1. The van der Waals surface area contributed by atoms with E-state index in [1.807, 2.05) is 32.0 Å². The van der Waals surface area contributed by atoms with E-state index in [4.69, 9.17) is 0 Å². The van der Waals surface area contributed by atoms with Gasteiger partial charge in [0.2, 0.25) is 5.82 Å². The number of nitroso groups, excluding NO2 is 1. The first-order valence-electron chi connectivity index (χ1n) is 6.50. The highest BCUT2D eigenvalue weighted by molar-refractivity contribution is 5.79. The Kier molecular flexibility index (Phi) is 2.86. The second kappa shape index (κ2) is 4.56. The molecule has 2 heterocycles. The van der Waals surface area contributed by atoms with Crippen molar-refractivity contribution in [1.29, 1.82) is 0 Å². The summed E-state index contributed by atoms with van der Waals surface area (Å²) in [5, 5.41) is 3.19. The van der Waals surface area contributed by atoms with E-state index in [1.54, 1.807) is 10.6 Å². The predicted octanol–water partition coefficient (Wildman–Crippen LogP) is 4.32. The molecule has 0 amide bonds. The lowest BCUT2D eigenvalue weighted by molar-refractivity contribution is 1.16. The molecule has 0 aliphatic heterocycles.